The smallest absolute Gasteiger partial charge is 0.315 e. The topological polar surface area (TPSA) is 71.1 Å². The third kappa shape index (κ3) is 3.65. The zero-order valence-corrected chi connectivity index (χ0v) is 11.1. The van der Waals surface area contributed by atoms with Crippen LogP contribution in [0.2, 0.25) is 0 Å². The number of rotatable bonds is 3. The van der Waals surface area contributed by atoms with E-state index < -0.39 is 11.8 Å². The van der Waals surface area contributed by atoms with Gasteiger partial charge in [0.1, 0.15) is 5.82 Å². The van der Waals surface area contributed by atoms with E-state index in [0.29, 0.717) is 11.5 Å². The van der Waals surface area contributed by atoms with Gasteiger partial charge >= 0.3 is 11.8 Å². The Kier molecular flexibility index (Phi) is 4.44. The number of aromatic nitrogens is 1. The summed E-state index contributed by atoms with van der Waals surface area (Å²) in [7, 11) is 0. The maximum absolute atomic E-state index is 11.7. The van der Waals surface area contributed by atoms with Gasteiger partial charge in [-0.2, -0.15) is 0 Å². The number of benzene rings is 1. The number of aryl methyl sites for hydroxylation is 1. The van der Waals surface area contributed by atoms with Gasteiger partial charge in [-0.1, -0.05) is 25.1 Å². The Labute approximate surface area is 117 Å². The molecule has 0 aliphatic carbocycles. The molecule has 0 spiro atoms. The van der Waals surface area contributed by atoms with Gasteiger partial charge in [0, 0.05) is 11.9 Å². The summed E-state index contributed by atoms with van der Waals surface area (Å²) in [4.78, 5) is 27.3. The molecule has 0 bridgehead atoms. The molecule has 2 amide bonds. The maximum Gasteiger partial charge on any atom is 0.315 e. The molecule has 0 saturated heterocycles. The molecule has 1 aromatic heterocycles. The highest BCUT2D eigenvalue weighted by molar-refractivity contribution is 6.43. The molecular formula is C15H15N3O2. The zero-order valence-electron chi connectivity index (χ0n) is 11.1. The third-order valence-electron chi connectivity index (χ3n) is 2.73. The molecule has 2 N–H and O–H groups in total. The van der Waals surface area contributed by atoms with Crippen LogP contribution in [0, 0.1) is 0 Å². The van der Waals surface area contributed by atoms with Gasteiger partial charge in [-0.15, -0.1) is 0 Å². The van der Waals surface area contributed by atoms with E-state index in [-0.39, 0.29) is 0 Å². The number of nitrogens with one attached hydrogen (secondary N) is 2. The summed E-state index contributed by atoms with van der Waals surface area (Å²) in [6.07, 6.45) is 2.46. The van der Waals surface area contributed by atoms with Crippen LogP contribution in [0.4, 0.5) is 11.5 Å². The van der Waals surface area contributed by atoms with Crippen LogP contribution in [0.3, 0.4) is 0 Å². The van der Waals surface area contributed by atoms with Crippen molar-refractivity contribution in [2.24, 2.45) is 0 Å². The van der Waals surface area contributed by atoms with Gasteiger partial charge in [-0.05, 0) is 36.2 Å². The molecule has 20 heavy (non-hydrogen) atoms. The van der Waals surface area contributed by atoms with Gasteiger partial charge in [0.05, 0.1) is 0 Å². The Hall–Kier alpha value is -2.69. The summed E-state index contributed by atoms with van der Waals surface area (Å²) in [5.41, 5.74) is 1.75. The van der Waals surface area contributed by atoms with Crippen molar-refractivity contribution in [3.8, 4) is 0 Å². The molecular weight excluding hydrogens is 254 g/mol. The second-order valence-electron chi connectivity index (χ2n) is 4.17. The Balaban J connectivity index is 1.95. The Morgan fingerprint density at radius 1 is 1.00 bits per heavy atom. The van der Waals surface area contributed by atoms with Crippen LogP contribution >= 0.6 is 0 Å². The van der Waals surface area contributed by atoms with Crippen molar-refractivity contribution < 1.29 is 9.59 Å². The molecule has 0 radical (unpaired) electrons. The molecule has 0 aliphatic heterocycles. The van der Waals surface area contributed by atoms with Crippen LogP contribution in [-0.2, 0) is 16.0 Å². The Morgan fingerprint density at radius 2 is 1.70 bits per heavy atom. The predicted octanol–water partition coefficient (Wildman–Crippen LogP) is 2.22. The predicted molar refractivity (Wildman–Crippen MR) is 77.3 cm³/mol. The Bertz CT molecular complexity index is 594. The van der Waals surface area contributed by atoms with Crippen LogP contribution in [0.15, 0.2) is 48.7 Å². The summed E-state index contributed by atoms with van der Waals surface area (Å²) in [5, 5.41) is 4.96. The number of carbonyl (C=O) groups is 2. The second kappa shape index (κ2) is 6.47. The molecule has 102 valence electrons. The van der Waals surface area contributed by atoms with E-state index in [4.69, 9.17) is 0 Å². The number of pyridine rings is 1. The normalized spacial score (nSPS) is 9.85. The highest BCUT2D eigenvalue weighted by Crippen LogP contribution is 2.10. The monoisotopic (exact) mass is 269 g/mol. The molecule has 2 rings (SSSR count). The van der Waals surface area contributed by atoms with E-state index in [1.165, 1.54) is 11.8 Å². The fourth-order valence-electron chi connectivity index (χ4n) is 1.62. The molecule has 1 heterocycles. The first-order valence-electron chi connectivity index (χ1n) is 6.31. The second-order valence-corrected chi connectivity index (χ2v) is 4.17. The van der Waals surface area contributed by atoms with Gasteiger partial charge in [0.25, 0.3) is 0 Å². The van der Waals surface area contributed by atoms with Gasteiger partial charge in [-0.3, -0.25) is 9.59 Å². The minimum Gasteiger partial charge on any atom is -0.318 e. The largest absolute Gasteiger partial charge is 0.318 e. The number of amides is 2. The van der Waals surface area contributed by atoms with Crippen molar-refractivity contribution in [3.05, 3.63) is 54.2 Å². The zero-order chi connectivity index (χ0) is 14.4. The molecule has 5 nitrogen and oxygen atoms in total. The highest BCUT2D eigenvalue weighted by atomic mass is 16.2. The van der Waals surface area contributed by atoms with Crippen LogP contribution in [-0.4, -0.2) is 16.8 Å². The number of hydrogen-bond donors (Lipinski definition) is 2. The van der Waals surface area contributed by atoms with Crippen molar-refractivity contribution >= 4 is 23.3 Å². The lowest BCUT2D eigenvalue weighted by molar-refractivity contribution is -0.133. The van der Waals surface area contributed by atoms with Crippen molar-refractivity contribution in [2.75, 3.05) is 10.6 Å². The van der Waals surface area contributed by atoms with Gasteiger partial charge < -0.3 is 10.6 Å². The summed E-state index contributed by atoms with van der Waals surface area (Å²) >= 11 is 0. The van der Waals surface area contributed by atoms with E-state index in [0.717, 1.165) is 6.42 Å². The maximum atomic E-state index is 11.7. The van der Waals surface area contributed by atoms with Crippen LogP contribution in [0.5, 0.6) is 0 Å². The van der Waals surface area contributed by atoms with E-state index in [2.05, 4.69) is 15.6 Å². The fourth-order valence-corrected chi connectivity index (χ4v) is 1.62. The minimum atomic E-state index is -0.747. The molecule has 5 heteroatoms. The number of nitrogens with zero attached hydrogens (tertiary/aromatic N) is 1. The Morgan fingerprint density at radius 3 is 2.30 bits per heavy atom. The van der Waals surface area contributed by atoms with Gasteiger partial charge in [-0.25, -0.2) is 4.98 Å². The average Bonchev–Trinajstić information content (AvgIpc) is 2.49. The van der Waals surface area contributed by atoms with Crippen LogP contribution in [0.1, 0.15) is 12.5 Å². The molecule has 2 aromatic rings. The molecule has 0 saturated carbocycles. The number of carbonyl (C=O) groups excluding carboxylic acids is 2. The highest BCUT2D eigenvalue weighted by Gasteiger charge is 2.14. The van der Waals surface area contributed by atoms with Crippen molar-refractivity contribution in [3.63, 3.8) is 0 Å². The lowest BCUT2D eigenvalue weighted by atomic mass is 10.1. The number of hydrogen-bond acceptors (Lipinski definition) is 3. The summed E-state index contributed by atoms with van der Waals surface area (Å²) in [5.74, 6) is -1.13. The van der Waals surface area contributed by atoms with Crippen molar-refractivity contribution in [2.45, 2.75) is 13.3 Å². The molecule has 0 aliphatic rings. The first-order valence-corrected chi connectivity index (χ1v) is 6.31. The fraction of sp³-hybridized carbons (Fsp3) is 0.133. The van der Waals surface area contributed by atoms with E-state index in [9.17, 15) is 9.59 Å². The van der Waals surface area contributed by atoms with Crippen molar-refractivity contribution in [1.82, 2.24) is 4.98 Å². The minimum absolute atomic E-state index is 0.342. The van der Waals surface area contributed by atoms with Crippen molar-refractivity contribution in [1.29, 1.82) is 0 Å². The van der Waals surface area contributed by atoms with E-state index in [1.54, 1.807) is 30.3 Å². The van der Waals surface area contributed by atoms with Gasteiger partial charge in [0.2, 0.25) is 0 Å². The lowest BCUT2D eigenvalue weighted by Gasteiger charge is -2.06. The SMILES string of the molecule is CCc1ccc(NC(=O)C(=O)Nc2ccccn2)cc1. The lowest BCUT2D eigenvalue weighted by Crippen LogP contribution is -2.29. The van der Waals surface area contributed by atoms with Gasteiger partial charge in [0.15, 0.2) is 0 Å². The first-order chi connectivity index (χ1) is 9.69. The van der Waals surface area contributed by atoms with E-state index in [1.807, 2.05) is 19.1 Å². The summed E-state index contributed by atoms with van der Waals surface area (Å²) in [6, 6.07) is 12.4. The summed E-state index contributed by atoms with van der Waals surface area (Å²) in [6.45, 7) is 2.05. The van der Waals surface area contributed by atoms with Crippen LogP contribution < -0.4 is 10.6 Å². The third-order valence-corrected chi connectivity index (χ3v) is 2.73. The molecule has 0 unspecified atom stereocenters. The molecule has 1 aromatic carbocycles. The van der Waals surface area contributed by atoms with E-state index >= 15 is 0 Å². The quantitative estimate of drug-likeness (QED) is 0.839. The average molecular weight is 269 g/mol. The van der Waals surface area contributed by atoms with Crippen LogP contribution in [0.25, 0.3) is 0 Å². The summed E-state index contributed by atoms with van der Waals surface area (Å²) < 4.78 is 0. The first kappa shape index (κ1) is 13.7. The molecule has 0 atom stereocenters. The standard InChI is InChI=1S/C15H15N3O2/c1-2-11-6-8-12(9-7-11)17-14(19)15(20)18-13-5-3-4-10-16-13/h3-10H,2H2,1H3,(H,17,19)(H,16,18,20). The molecule has 0 fully saturated rings. The number of anilines is 2.